The summed E-state index contributed by atoms with van der Waals surface area (Å²) in [5.41, 5.74) is 2.55. The van der Waals surface area contributed by atoms with Gasteiger partial charge in [0, 0.05) is 24.3 Å². The van der Waals surface area contributed by atoms with E-state index in [1.807, 2.05) is 30.5 Å². The van der Waals surface area contributed by atoms with Crippen molar-refractivity contribution >= 4 is 28.1 Å². The molecule has 1 amide bonds. The van der Waals surface area contributed by atoms with E-state index in [-0.39, 0.29) is 5.91 Å². The van der Waals surface area contributed by atoms with E-state index in [0.29, 0.717) is 10.7 Å². The minimum Gasteiger partial charge on any atom is -0.387 e. The van der Waals surface area contributed by atoms with E-state index < -0.39 is 0 Å². The first kappa shape index (κ1) is 11.6. The van der Waals surface area contributed by atoms with Crippen molar-refractivity contribution in [2.45, 2.75) is 6.92 Å². The Morgan fingerprint density at radius 2 is 2.24 bits per heavy atom. The van der Waals surface area contributed by atoms with Gasteiger partial charge < -0.3 is 5.32 Å². The van der Waals surface area contributed by atoms with Crippen molar-refractivity contribution in [3.05, 3.63) is 40.9 Å². The van der Waals surface area contributed by atoms with Crippen LogP contribution in [0.4, 0.5) is 10.8 Å². The molecule has 5 heteroatoms. The Morgan fingerprint density at radius 1 is 1.41 bits per heavy atom. The zero-order valence-corrected chi connectivity index (χ0v) is 10.5. The highest BCUT2D eigenvalue weighted by molar-refractivity contribution is 7.13. The molecule has 1 aromatic carbocycles. The lowest BCUT2D eigenvalue weighted by molar-refractivity contribution is 0.102. The summed E-state index contributed by atoms with van der Waals surface area (Å²) >= 11 is 1.40. The van der Waals surface area contributed by atoms with E-state index in [2.05, 4.69) is 15.6 Å². The molecule has 0 radical (unpaired) electrons. The lowest BCUT2D eigenvalue weighted by Gasteiger charge is -2.09. The fraction of sp³-hybridized carbons (Fsp3) is 0.167. The third kappa shape index (κ3) is 2.62. The van der Waals surface area contributed by atoms with Gasteiger partial charge in [0.25, 0.3) is 5.91 Å². The number of aryl methyl sites for hydroxylation is 1. The highest BCUT2D eigenvalue weighted by Gasteiger charge is 2.11. The monoisotopic (exact) mass is 247 g/mol. The van der Waals surface area contributed by atoms with Gasteiger partial charge in [-0.3, -0.25) is 10.1 Å². The van der Waals surface area contributed by atoms with Crippen LogP contribution in [0.1, 0.15) is 15.9 Å². The van der Waals surface area contributed by atoms with Gasteiger partial charge in [-0.05, 0) is 24.6 Å². The predicted octanol–water partition coefficient (Wildman–Crippen LogP) is 2.75. The first-order valence-electron chi connectivity index (χ1n) is 5.20. The number of rotatable bonds is 3. The summed E-state index contributed by atoms with van der Waals surface area (Å²) in [4.78, 5) is 16.0. The van der Waals surface area contributed by atoms with E-state index in [0.717, 1.165) is 11.3 Å². The number of benzene rings is 1. The summed E-state index contributed by atoms with van der Waals surface area (Å²) < 4.78 is 0. The molecule has 17 heavy (non-hydrogen) atoms. The summed E-state index contributed by atoms with van der Waals surface area (Å²) in [6, 6.07) is 5.67. The van der Waals surface area contributed by atoms with Gasteiger partial charge in [0.1, 0.15) is 0 Å². The number of carbonyl (C=O) groups is 1. The highest BCUT2D eigenvalue weighted by Crippen LogP contribution is 2.19. The van der Waals surface area contributed by atoms with Crippen molar-refractivity contribution in [1.29, 1.82) is 0 Å². The molecule has 2 aromatic rings. The molecule has 0 saturated heterocycles. The second-order valence-electron chi connectivity index (χ2n) is 3.59. The van der Waals surface area contributed by atoms with E-state index in [1.165, 1.54) is 11.3 Å². The Labute approximate surface area is 104 Å². The molecule has 88 valence electrons. The average molecular weight is 247 g/mol. The van der Waals surface area contributed by atoms with E-state index >= 15 is 0 Å². The molecule has 0 bridgehead atoms. The highest BCUT2D eigenvalue weighted by atomic mass is 32.1. The minimum atomic E-state index is -0.149. The van der Waals surface area contributed by atoms with Gasteiger partial charge in [0.2, 0.25) is 0 Å². The molecule has 0 fully saturated rings. The van der Waals surface area contributed by atoms with Crippen LogP contribution in [0.5, 0.6) is 0 Å². The summed E-state index contributed by atoms with van der Waals surface area (Å²) in [5.74, 6) is -0.149. The van der Waals surface area contributed by atoms with Crippen LogP contribution in [-0.4, -0.2) is 17.9 Å². The van der Waals surface area contributed by atoms with Crippen molar-refractivity contribution in [2.75, 3.05) is 17.7 Å². The van der Waals surface area contributed by atoms with Crippen LogP contribution < -0.4 is 10.6 Å². The Bertz CT molecular complexity index is 523. The van der Waals surface area contributed by atoms with Gasteiger partial charge >= 0.3 is 0 Å². The predicted molar refractivity (Wildman–Crippen MR) is 70.8 cm³/mol. The van der Waals surface area contributed by atoms with Crippen molar-refractivity contribution in [3.8, 4) is 0 Å². The number of amides is 1. The molecule has 4 nitrogen and oxygen atoms in total. The van der Waals surface area contributed by atoms with Crippen LogP contribution in [0, 0.1) is 6.92 Å². The smallest absolute Gasteiger partial charge is 0.259 e. The summed E-state index contributed by atoms with van der Waals surface area (Å²) in [6.07, 6.45) is 1.66. The molecule has 0 aliphatic heterocycles. The number of anilines is 2. The molecule has 2 rings (SSSR count). The molecule has 0 unspecified atom stereocenters. The number of carbonyl (C=O) groups excluding carboxylic acids is 1. The molecule has 0 aliphatic carbocycles. The molecule has 0 atom stereocenters. The second-order valence-corrected chi connectivity index (χ2v) is 4.48. The summed E-state index contributed by atoms with van der Waals surface area (Å²) in [7, 11) is 1.80. The molecule has 0 saturated carbocycles. The maximum atomic E-state index is 12.0. The van der Waals surface area contributed by atoms with Crippen molar-refractivity contribution in [1.82, 2.24) is 4.98 Å². The molecular formula is C12H13N3OS. The maximum absolute atomic E-state index is 12.0. The largest absolute Gasteiger partial charge is 0.387 e. The van der Waals surface area contributed by atoms with Crippen molar-refractivity contribution in [3.63, 3.8) is 0 Å². The van der Waals surface area contributed by atoms with Gasteiger partial charge in [-0.15, -0.1) is 11.3 Å². The fourth-order valence-corrected chi connectivity index (χ4v) is 2.04. The Hall–Kier alpha value is -1.88. The van der Waals surface area contributed by atoms with Gasteiger partial charge in [-0.2, -0.15) is 0 Å². The van der Waals surface area contributed by atoms with Gasteiger partial charge in [-0.1, -0.05) is 6.07 Å². The van der Waals surface area contributed by atoms with E-state index in [9.17, 15) is 4.79 Å². The molecule has 1 aromatic heterocycles. The first-order chi connectivity index (χ1) is 8.20. The van der Waals surface area contributed by atoms with Crippen molar-refractivity contribution < 1.29 is 4.79 Å². The van der Waals surface area contributed by atoms with Crippen LogP contribution in [0.15, 0.2) is 29.8 Å². The molecular weight excluding hydrogens is 234 g/mol. The molecule has 1 heterocycles. The Morgan fingerprint density at radius 3 is 2.88 bits per heavy atom. The summed E-state index contributed by atoms with van der Waals surface area (Å²) in [6.45, 7) is 1.99. The van der Waals surface area contributed by atoms with Gasteiger partial charge in [-0.25, -0.2) is 4.98 Å². The second kappa shape index (κ2) is 4.97. The number of thiazole rings is 1. The number of aromatic nitrogens is 1. The van der Waals surface area contributed by atoms with E-state index in [1.54, 1.807) is 13.2 Å². The van der Waals surface area contributed by atoms with Crippen LogP contribution in [0.3, 0.4) is 0 Å². The SMILES string of the molecule is CNc1cc(C)ccc1C(=O)Nc1nccs1. The fourth-order valence-electron chi connectivity index (χ4n) is 1.51. The lowest BCUT2D eigenvalue weighted by Crippen LogP contribution is -2.13. The average Bonchev–Trinajstić information content (AvgIpc) is 2.81. The topological polar surface area (TPSA) is 54.0 Å². The van der Waals surface area contributed by atoms with Crippen LogP contribution in [-0.2, 0) is 0 Å². The molecule has 0 aliphatic rings. The number of nitrogens with zero attached hydrogens (tertiary/aromatic N) is 1. The molecule has 0 spiro atoms. The van der Waals surface area contributed by atoms with Crippen LogP contribution in [0.2, 0.25) is 0 Å². The zero-order chi connectivity index (χ0) is 12.3. The Kier molecular flexibility index (Phi) is 3.39. The van der Waals surface area contributed by atoms with Crippen LogP contribution in [0.25, 0.3) is 0 Å². The first-order valence-corrected chi connectivity index (χ1v) is 6.08. The molecule has 2 N–H and O–H groups in total. The van der Waals surface area contributed by atoms with Crippen LogP contribution >= 0.6 is 11.3 Å². The normalized spacial score (nSPS) is 10.0. The standard InChI is InChI=1S/C12H13N3OS/c1-8-3-4-9(10(7-8)13-2)11(16)15-12-14-5-6-17-12/h3-7,13H,1-2H3,(H,14,15,16). The minimum absolute atomic E-state index is 0.149. The maximum Gasteiger partial charge on any atom is 0.259 e. The van der Waals surface area contributed by atoms with Crippen molar-refractivity contribution in [2.24, 2.45) is 0 Å². The lowest BCUT2D eigenvalue weighted by atomic mass is 10.1. The third-order valence-corrected chi connectivity index (χ3v) is 3.03. The number of nitrogens with one attached hydrogen (secondary N) is 2. The van der Waals surface area contributed by atoms with Gasteiger partial charge in [0.05, 0.1) is 5.56 Å². The zero-order valence-electron chi connectivity index (χ0n) is 9.65. The summed E-state index contributed by atoms with van der Waals surface area (Å²) in [5, 5.41) is 8.21. The quantitative estimate of drug-likeness (QED) is 0.876. The number of hydrogen-bond acceptors (Lipinski definition) is 4. The van der Waals surface area contributed by atoms with E-state index in [4.69, 9.17) is 0 Å². The van der Waals surface area contributed by atoms with Gasteiger partial charge in [0.15, 0.2) is 5.13 Å². The Balaban J connectivity index is 2.24. The third-order valence-electron chi connectivity index (χ3n) is 2.34. The number of hydrogen-bond donors (Lipinski definition) is 2.